The van der Waals surface area contributed by atoms with Crippen molar-refractivity contribution in [3.8, 4) is 11.5 Å². The minimum atomic E-state index is 0.143. The molecule has 2 nitrogen and oxygen atoms in total. The topological polar surface area (TPSA) is 18.5 Å². The van der Waals surface area contributed by atoms with Gasteiger partial charge in [0.25, 0.3) is 0 Å². The molecule has 0 aromatic heterocycles. The summed E-state index contributed by atoms with van der Waals surface area (Å²) < 4.78 is 11.9. The average Bonchev–Trinajstić information content (AvgIpc) is 2.57. The van der Waals surface area contributed by atoms with Crippen molar-refractivity contribution in [2.24, 2.45) is 0 Å². The molecule has 1 aromatic rings. The maximum Gasteiger partial charge on any atom is 0.123 e. The highest BCUT2D eigenvalue weighted by molar-refractivity contribution is 14.1. The molecule has 0 bridgehead atoms. The predicted octanol–water partition coefficient (Wildman–Crippen LogP) is 2.78. The van der Waals surface area contributed by atoms with Crippen LogP contribution >= 0.6 is 22.6 Å². The molecule has 2 rings (SSSR count). The van der Waals surface area contributed by atoms with Gasteiger partial charge in [0.1, 0.15) is 11.5 Å². The lowest BCUT2D eigenvalue weighted by atomic mass is 9.87. The Kier molecular flexibility index (Phi) is 2.60. The summed E-state index contributed by atoms with van der Waals surface area (Å²) in [5.74, 6) is 1.91. The van der Waals surface area contributed by atoms with Crippen molar-refractivity contribution in [2.75, 3.05) is 18.1 Å². The molecule has 1 aliphatic heterocycles. The molecule has 0 fully saturated rings. The van der Waals surface area contributed by atoms with E-state index in [1.165, 1.54) is 5.56 Å². The highest BCUT2D eigenvalue weighted by Gasteiger charge is 2.35. The zero-order chi connectivity index (χ0) is 10.2. The molecule has 1 atom stereocenters. The first-order valence-electron chi connectivity index (χ1n) is 4.57. The fourth-order valence-corrected chi connectivity index (χ4v) is 2.29. The molecule has 76 valence electrons. The lowest BCUT2D eigenvalue weighted by molar-refractivity contribution is 0.295. The molecule has 0 spiro atoms. The number of ether oxygens (including phenoxy) is 2. The predicted molar refractivity (Wildman–Crippen MR) is 64.7 cm³/mol. The van der Waals surface area contributed by atoms with Gasteiger partial charge < -0.3 is 9.47 Å². The third-order valence-electron chi connectivity index (χ3n) is 2.68. The van der Waals surface area contributed by atoms with Crippen LogP contribution in [-0.2, 0) is 5.41 Å². The first kappa shape index (κ1) is 10.1. The Morgan fingerprint density at radius 3 is 3.00 bits per heavy atom. The number of halogens is 1. The van der Waals surface area contributed by atoms with E-state index in [2.05, 4.69) is 35.6 Å². The van der Waals surface area contributed by atoms with E-state index in [9.17, 15) is 0 Å². The van der Waals surface area contributed by atoms with Crippen molar-refractivity contribution in [3.63, 3.8) is 0 Å². The third kappa shape index (κ3) is 1.47. The largest absolute Gasteiger partial charge is 0.497 e. The van der Waals surface area contributed by atoms with Crippen LogP contribution in [0, 0.1) is 0 Å². The third-order valence-corrected chi connectivity index (χ3v) is 4.36. The summed E-state index contributed by atoms with van der Waals surface area (Å²) in [6.45, 7) is 3.00. The van der Waals surface area contributed by atoms with Gasteiger partial charge in [0, 0.05) is 15.4 Å². The van der Waals surface area contributed by atoms with Crippen LogP contribution in [0.25, 0.3) is 0 Å². The second kappa shape index (κ2) is 3.61. The van der Waals surface area contributed by atoms with Gasteiger partial charge in [-0.05, 0) is 18.2 Å². The molecule has 1 unspecified atom stereocenters. The Morgan fingerprint density at radius 2 is 2.36 bits per heavy atom. The van der Waals surface area contributed by atoms with E-state index in [0.29, 0.717) is 0 Å². The summed E-state index contributed by atoms with van der Waals surface area (Å²) in [6, 6.07) is 6.02. The summed E-state index contributed by atoms with van der Waals surface area (Å²) in [4.78, 5) is 0. The second-order valence-corrected chi connectivity index (χ2v) is 4.61. The van der Waals surface area contributed by atoms with Crippen molar-refractivity contribution in [3.05, 3.63) is 23.8 Å². The number of fused-ring (bicyclic) bond motifs is 1. The molecule has 0 saturated heterocycles. The van der Waals surface area contributed by atoms with E-state index >= 15 is 0 Å². The maximum absolute atomic E-state index is 5.64. The van der Waals surface area contributed by atoms with Crippen molar-refractivity contribution < 1.29 is 9.47 Å². The molecule has 1 aliphatic rings. The SMILES string of the molecule is COc1ccc2c(c1)C(C)(CI)CO2. The quantitative estimate of drug-likeness (QED) is 0.618. The van der Waals surface area contributed by atoms with Gasteiger partial charge in [0.2, 0.25) is 0 Å². The second-order valence-electron chi connectivity index (χ2n) is 3.85. The van der Waals surface area contributed by atoms with Gasteiger partial charge in [-0.2, -0.15) is 0 Å². The summed E-state index contributed by atoms with van der Waals surface area (Å²) in [7, 11) is 1.69. The summed E-state index contributed by atoms with van der Waals surface area (Å²) in [5.41, 5.74) is 1.41. The van der Waals surface area contributed by atoms with E-state index in [1.54, 1.807) is 7.11 Å². The summed E-state index contributed by atoms with van der Waals surface area (Å²) in [5, 5.41) is 0. The lowest BCUT2D eigenvalue weighted by Crippen LogP contribution is -2.25. The van der Waals surface area contributed by atoms with Crippen molar-refractivity contribution in [1.82, 2.24) is 0 Å². The van der Waals surface area contributed by atoms with Crippen molar-refractivity contribution >= 4 is 22.6 Å². The first-order chi connectivity index (χ1) is 6.69. The average molecular weight is 304 g/mol. The van der Waals surface area contributed by atoms with Crippen molar-refractivity contribution in [1.29, 1.82) is 0 Å². The monoisotopic (exact) mass is 304 g/mol. The van der Waals surface area contributed by atoms with Crippen LogP contribution in [-0.4, -0.2) is 18.1 Å². The molecular formula is C11H13IO2. The number of benzene rings is 1. The van der Waals surface area contributed by atoms with Crippen LogP contribution in [0.1, 0.15) is 12.5 Å². The summed E-state index contributed by atoms with van der Waals surface area (Å²) in [6.07, 6.45) is 0. The van der Waals surface area contributed by atoms with Gasteiger partial charge in [0.05, 0.1) is 13.7 Å². The molecule has 1 heterocycles. The zero-order valence-electron chi connectivity index (χ0n) is 8.34. The Bertz CT molecular complexity index is 351. The highest BCUT2D eigenvalue weighted by atomic mass is 127. The van der Waals surface area contributed by atoms with Crippen LogP contribution in [0.15, 0.2) is 18.2 Å². The number of rotatable bonds is 2. The van der Waals surface area contributed by atoms with Gasteiger partial charge in [0.15, 0.2) is 0 Å². The molecule has 3 heteroatoms. The first-order valence-corrected chi connectivity index (χ1v) is 6.09. The molecule has 1 aromatic carbocycles. The van der Waals surface area contributed by atoms with E-state index in [0.717, 1.165) is 22.5 Å². The number of hydrogen-bond acceptors (Lipinski definition) is 2. The van der Waals surface area contributed by atoms with E-state index in [4.69, 9.17) is 9.47 Å². The molecule has 0 aliphatic carbocycles. The van der Waals surface area contributed by atoms with Crippen LogP contribution < -0.4 is 9.47 Å². The summed E-state index contributed by atoms with van der Waals surface area (Å²) >= 11 is 2.41. The normalized spacial score (nSPS) is 24.2. The van der Waals surface area contributed by atoms with Gasteiger partial charge in [-0.25, -0.2) is 0 Å². The minimum Gasteiger partial charge on any atom is -0.497 e. The van der Waals surface area contributed by atoms with Crippen LogP contribution in [0.4, 0.5) is 0 Å². The molecule has 0 amide bonds. The minimum absolute atomic E-state index is 0.143. The van der Waals surface area contributed by atoms with Crippen LogP contribution in [0.5, 0.6) is 11.5 Å². The Morgan fingerprint density at radius 1 is 1.57 bits per heavy atom. The Balaban J connectivity index is 2.47. The van der Waals surface area contributed by atoms with Crippen LogP contribution in [0.3, 0.4) is 0 Å². The standard InChI is InChI=1S/C11H13IO2/c1-11(6-12)7-14-10-4-3-8(13-2)5-9(10)11/h3-5H,6-7H2,1-2H3. The van der Waals surface area contributed by atoms with E-state index < -0.39 is 0 Å². The van der Waals surface area contributed by atoms with E-state index in [-0.39, 0.29) is 5.41 Å². The number of hydrogen-bond donors (Lipinski definition) is 0. The molecule has 0 saturated carbocycles. The Hall–Kier alpha value is -0.450. The van der Waals surface area contributed by atoms with E-state index in [1.807, 2.05) is 12.1 Å². The number of alkyl halides is 1. The van der Waals surface area contributed by atoms with Crippen LogP contribution in [0.2, 0.25) is 0 Å². The lowest BCUT2D eigenvalue weighted by Gasteiger charge is -2.19. The molecule has 0 radical (unpaired) electrons. The molecular weight excluding hydrogens is 291 g/mol. The van der Waals surface area contributed by atoms with Gasteiger partial charge in [-0.1, -0.05) is 29.5 Å². The smallest absolute Gasteiger partial charge is 0.123 e. The Labute approximate surface area is 97.7 Å². The molecule has 14 heavy (non-hydrogen) atoms. The van der Waals surface area contributed by atoms with Crippen molar-refractivity contribution in [2.45, 2.75) is 12.3 Å². The van der Waals surface area contributed by atoms with Gasteiger partial charge in [-0.3, -0.25) is 0 Å². The van der Waals surface area contributed by atoms with Gasteiger partial charge in [-0.15, -0.1) is 0 Å². The fraction of sp³-hybridized carbons (Fsp3) is 0.455. The van der Waals surface area contributed by atoms with Gasteiger partial charge >= 0.3 is 0 Å². The molecule has 0 N–H and O–H groups in total. The zero-order valence-corrected chi connectivity index (χ0v) is 10.5. The number of methoxy groups -OCH3 is 1. The fourth-order valence-electron chi connectivity index (χ4n) is 1.66. The maximum atomic E-state index is 5.64. The highest BCUT2D eigenvalue weighted by Crippen LogP contribution is 2.41.